The molecule has 2 aliphatic heterocycles. The lowest BCUT2D eigenvalue weighted by atomic mass is 9.94. The largest absolute Gasteiger partial charge is 0.369 e. The highest BCUT2D eigenvalue weighted by molar-refractivity contribution is 7.15. The average molecular weight is 626 g/mol. The number of nitrogens with zero attached hydrogens (tertiary/aromatic N) is 3. The zero-order valence-electron chi connectivity index (χ0n) is 26.7. The molecular weight excluding hydrogens is 579 g/mol. The topological polar surface area (TPSA) is 47.1 Å². The third-order valence-electron chi connectivity index (χ3n) is 8.89. The average Bonchev–Trinajstić information content (AvgIpc) is 3.59. The zero-order valence-corrected chi connectivity index (χ0v) is 27.5. The Morgan fingerprint density at radius 2 is 1.27 bits per heavy atom. The first kappa shape index (κ1) is 31.9. The van der Waals surface area contributed by atoms with Crippen LogP contribution in [0.25, 0.3) is 0 Å². The second kappa shape index (κ2) is 16.0. The molecule has 1 unspecified atom stereocenters. The van der Waals surface area contributed by atoms with Crippen molar-refractivity contribution in [3.05, 3.63) is 119 Å². The Morgan fingerprint density at radius 3 is 1.78 bits per heavy atom. The Labute approximate surface area is 273 Å². The minimum Gasteiger partial charge on any atom is -0.369 e. The second-order valence-corrected chi connectivity index (χ2v) is 13.8. The van der Waals surface area contributed by atoms with Crippen molar-refractivity contribution < 1.29 is 14.2 Å². The first-order chi connectivity index (χ1) is 22.1. The summed E-state index contributed by atoms with van der Waals surface area (Å²) in [5.74, 6) is 1.08. The van der Waals surface area contributed by atoms with Crippen molar-refractivity contribution in [1.29, 1.82) is 0 Å². The fraction of sp³-hybridized carbons (Fsp3) is 0.447. The third kappa shape index (κ3) is 9.02. The number of rotatable bonds is 13. The molecule has 2 saturated heterocycles. The van der Waals surface area contributed by atoms with Gasteiger partial charge in [0.1, 0.15) is 6.10 Å². The van der Waals surface area contributed by atoms with E-state index in [4.69, 9.17) is 19.2 Å². The molecular formula is C38H47N3O3S. The molecule has 0 saturated carbocycles. The molecule has 7 heteroatoms. The summed E-state index contributed by atoms with van der Waals surface area (Å²) in [6, 6.07) is 31.3. The van der Waals surface area contributed by atoms with Crippen molar-refractivity contribution in [3.8, 4) is 0 Å². The van der Waals surface area contributed by atoms with Gasteiger partial charge in [-0.3, -0.25) is 4.90 Å². The fourth-order valence-corrected chi connectivity index (χ4v) is 7.41. The number of ether oxygens (including phenoxy) is 3. The van der Waals surface area contributed by atoms with Gasteiger partial charge in [-0.1, -0.05) is 105 Å². The maximum Gasteiger partial charge on any atom is 0.185 e. The Hall–Kier alpha value is -3.07. The number of anilines is 1. The highest BCUT2D eigenvalue weighted by atomic mass is 32.1. The summed E-state index contributed by atoms with van der Waals surface area (Å²) in [5.41, 5.74) is 3.50. The van der Waals surface area contributed by atoms with E-state index in [9.17, 15) is 0 Å². The Kier molecular flexibility index (Phi) is 11.3. The van der Waals surface area contributed by atoms with Gasteiger partial charge in [0.2, 0.25) is 0 Å². The van der Waals surface area contributed by atoms with E-state index in [0.29, 0.717) is 31.7 Å². The highest BCUT2D eigenvalue weighted by Gasteiger charge is 2.40. The predicted octanol–water partition coefficient (Wildman–Crippen LogP) is 7.55. The van der Waals surface area contributed by atoms with E-state index in [0.717, 1.165) is 38.3 Å². The van der Waals surface area contributed by atoms with Crippen molar-refractivity contribution in [2.75, 3.05) is 37.6 Å². The summed E-state index contributed by atoms with van der Waals surface area (Å²) in [6.07, 6.45) is 4.08. The molecule has 0 spiro atoms. The number of benzene rings is 3. The normalized spacial score (nSPS) is 22.6. The van der Waals surface area contributed by atoms with Gasteiger partial charge in [0.15, 0.2) is 5.13 Å². The van der Waals surface area contributed by atoms with Gasteiger partial charge < -0.3 is 19.1 Å². The van der Waals surface area contributed by atoms with Crippen LogP contribution in [0.15, 0.2) is 97.2 Å². The molecule has 3 heterocycles. The molecule has 6 nitrogen and oxygen atoms in total. The summed E-state index contributed by atoms with van der Waals surface area (Å²) >= 11 is 1.85. The molecule has 0 radical (unpaired) electrons. The van der Waals surface area contributed by atoms with E-state index in [-0.39, 0.29) is 18.3 Å². The van der Waals surface area contributed by atoms with Gasteiger partial charge in [0, 0.05) is 43.8 Å². The number of thiazole rings is 1. The standard InChI is InChI=1S/C38H47N3O3S/c1-29(2)36-21-39-38(45-36)41-20-12-19-33(23-41)22-40-24-34(42-26-30-13-6-3-7-14-30)37(44-28-32-17-10-5-11-18-32)35(25-40)43-27-31-15-8-4-9-16-31/h3-11,13-18,21,29,33-35,37H,12,19-20,22-28H2,1-2H3/t33-,34-,35+,37?/m1/s1. The number of hydrogen-bond acceptors (Lipinski definition) is 7. The lowest BCUT2D eigenvalue weighted by molar-refractivity contribution is -0.185. The molecule has 45 heavy (non-hydrogen) atoms. The van der Waals surface area contributed by atoms with Crippen molar-refractivity contribution in [3.63, 3.8) is 0 Å². The number of hydrogen-bond donors (Lipinski definition) is 0. The van der Waals surface area contributed by atoms with Crippen LogP contribution in [0, 0.1) is 5.92 Å². The maximum absolute atomic E-state index is 6.72. The van der Waals surface area contributed by atoms with Gasteiger partial charge in [0.05, 0.1) is 32.0 Å². The summed E-state index contributed by atoms with van der Waals surface area (Å²) in [5, 5.41) is 1.17. The summed E-state index contributed by atoms with van der Waals surface area (Å²) in [4.78, 5) is 11.2. The molecule has 0 bridgehead atoms. The van der Waals surface area contributed by atoms with E-state index in [1.165, 1.54) is 34.0 Å². The predicted molar refractivity (Wildman–Crippen MR) is 183 cm³/mol. The van der Waals surface area contributed by atoms with Crippen LogP contribution < -0.4 is 4.90 Å². The smallest absolute Gasteiger partial charge is 0.185 e. The molecule has 238 valence electrons. The van der Waals surface area contributed by atoms with E-state index < -0.39 is 0 Å². The van der Waals surface area contributed by atoms with Crippen LogP contribution in [0.1, 0.15) is 54.2 Å². The van der Waals surface area contributed by atoms with Crippen molar-refractivity contribution in [1.82, 2.24) is 9.88 Å². The van der Waals surface area contributed by atoms with Gasteiger partial charge in [-0.2, -0.15) is 0 Å². The molecule has 0 aliphatic carbocycles. The Morgan fingerprint density at radius 1 is 0.733 bits per heavy atom. The number of piperidine rings is 2. The minimum atomic E-state index is -0.179. The zero-order chi connectivity index (χ0) is 30.8. The Bertz CT molecular complexity index is 1360. The molecule has 3 aromatic carbocycles. The van der Waals surface area contributed by atoms with E-state index in [2.05, 4.69) is 103 Å². The van der Waals surface area contributed by atoms with Crippen LogP contribution in [0.4, 0.5) is 5.13 Å². The second-order valence-electron chi connectivity index (χ2n) is 12.8. The molecule has 6 rings (SSSR count). The fourth-order valence-electron chi connectivity index (χ4n) is 6.45. The van der Waals surface area contributed by atoms with Crippen LogP contribution >= 0.6 is 11.3 Å². The van der Waals surface area contributed by atoms with Crippen molar-refractivity contribution in [2.24, 2.45) is 5.92 Å². The van der Waals surface area contributed by atoms with Gasteiger partial charge in [-0.05, 0) is 41.4 Å². The van der Waals surface area contributed by atoms with Gasteiger partial charge in [-0.25, -0.2) is 4.98 Å². The Balaban J connectivity index is 1.18. The van der Waals surface area contributed by atoms with Crippen molar-refractivity contribution in [2.45, 2.75) is 70.7 Å². The minimum absolute atomic E-state index is 0.115. The van der Waals surface area contributed by atoms with Crippen LogP contribution in [0.2, 0.25) is 0 Å². The first-order valence-electron chi connectivity index (χ1n) is 16.5. The quantitative estimate of drug-likeness (QED) is 0.153. The lowest BCUT2D eigenvalue weighted by Crippen LogP contribution is -2.59. The molecule has 2 aliphatic rings. The summed E-state index contributed by atoms with van der Waals surface area (Å²) < 4.78 is 20.2. The third-order valence-corrected chi connectivity index (χ3v) is 10.3. The molecule has 1 aromatic heterocycles. The van der Waals surface area contributed by atoms with Crippen LogP contribution in [-0.2, 0) is 34.0 Å². The van der Waals surface area contributed by atoms with Gasteiger partial charge in [0.25, 0.3) is 0 Å². The maximum atomic E-state index is 6.72. The van der Waals surface area contributed by atoms with Crippen LogP contribution in [0.3, 0.4) is 0 Å². The van der Waals surface area contributed by atoms with Crippen molar-refractivity contribution >= 4 is 16.5 Å². The van der Waals surface area contributed by atoms with E-state index in [1.807, 2.05) is 29.5 Å². The lowest BCUT2D eigenvalue weighted by Gasteiger charge is -2.45. The monoisotopic (exact) mass is 625 g/mol. The molecule has 0 amide bonds. The van der Waals surface area contributed by atoms with E-state index >= 15 is 0 Å². The highest BCUT2D eigenvalue weighted by Crippen LogP contribution is 2.32. The molecule has 2 fully saturated rings. The van der Waals surface area contributed by atoms with E-state index in [1.54, 1.807) is 0 Å². The SMILES string of the molecule is CC(C)c1cnc(N2CCC[C@H](CN3C[C@H](OCc4ccccc4)C(OCc4ccccc4)[C@H](OCc4ccccc4)C3)C2)s1. The molecule has 0 N–H and O–H groups in total. The first-order valence-corrected chi connectivity index (χ1v) is 17.3. The summed E-state index contributed by atoms with van der Waals surface area (Å²) in [7, 11) is 0. The molecule has 4 atom stereocenters. The summed E-state index contributed by atoms with van der Waals surface area (Å²) in [6.45, 7) is 10.9. The van der Waals surface area contributed by atoms with Crippen LogP contribution in [0.5, 0.6) is 0 Å². The van der Waals surface area contributed by atoms with Gasteiger partial charge in [-0.15, -0.1) is 11.3 Å². The molecule has 4 aromatic rings. The number of likely N-dealkylation sites (tertiary alicyclic amines) is 1. The van der Waals surface area contributed by atoms with Crippen LogP contribution in [-0.4, -0.2) is 60.9 Å². The number of aromatic nitrogens is 1. The van der Waals surface area contributed by atoms with Gasteiger partial charge >= 0.3 is 0 Å².